The number of rotatable bonds is 9. The van der Waals surface area contributed by atoms with Crippen LogP contribution in [0.2, 0.25) is 0 Å². The highest BCUT2D eigenvalue weighted by Gasteiger charge is 2.27. The number of nitrogens with one attached hydrogen (secondary N) is 2. The summed E-state index contributed by atoms with van der Waals surface area (Å²) in [5.74, 6) is 1.48. The highest BCUT2D eigenvalue weighted by atomic mass is 16.5. The van der Waals surface area contributed by atoms with Gasteiger partial charge < -0.3 is 25.1 Å². The molecule has 1 aromatic heterocycles. The van der Waals surface area contributed by atoms with Crippen LogP contribution >= 0.6 is 0 Å². The molecule has 0 radical (unpaired) electrons. The molecular weight excluding hydrogens is 378 g/mol. The lowest BCUT2D eigenvalue weighted by Crippen LogP contribution is -2.92. The van der Waals surface area contributed by atoms with Crippen molar-refractivity contribution in [1.29, 1.82) is 0 Å². The number of fused-ring (bicyclic) bond motifs is 1. The van der Waals surface area contributed by atoms with Gasteiger partial charge in [-0.25, -0.2) is 0 Å². The maximum absolute atomic E-state index is 12.4. The Kier molecular flexibility index (Phi) is 7.00. The Hall–Kier alpha value is -2.99. The molecule has 6 nitrogen and oxygen atoms in total. The number of nitrogens with two attached hydrogens (primary N) is 1. The van der Waals surface area contributed by atoms with Crippen molar-refractivity contribution in [2.24, 2.45) is 0 Å². The lowest BCUT2D eigenvalue weighted by Gasteiger charge is -2.22. The molecule has 0 saturated carbocycles. The molecule has 2 aromatic carbocycles. The molecule has 3 rings (SSSR count). The highest BCUT2D eigenvalue weighted by Crippen LogP contribution is 2.39. The molecule has 0 aliphatic rings. The van der Waals surface area contributed by atoms with Crippen LogP contribution in [0.3, 0.4) is 0 Å². The fourth-order valence-corrected chi connectivity index (χ4v) is 3.85. The molecule has 0 aliphatic heterocycles. The van der Waals surface area contributed by atoms with Crippen molar-refractivity contribution in [1.82, 2.24) is 10.3 Å². The summed E-state index contributed by atoms with van der Waals surface area (Å²) in [6, 6.07) is 14.1. The number of methoxy groups -OCH3 is 2. The van der Waals surface area contributed by atoms with Gasteiger partial charge in [0, 0.05) is 28.7 Å². The van der Waals surface area contributed by atoms with Gasteiger partial charge in [0.25, 0.3) is 5.91 Å². The van der Waals surface area contributed by atoms with Gasteiger partial charge in [-0.3, -0.25) is 4.79 Å². The van der Waals surface area contributed by atoms with Crippen molar-refractivity contribution in [3.05, 3.63) is 59.8 Å². The zero-order chi connectivity index (χ0) is 21.7. The average Bonchev–Trinajstić information content (AvgIpc) is 3.17. The van der Waals surface area contributed by atoms with Crippen LogP contribution in [0, 0.1) is 0 Å². The Balaban J connectivity index is 1.99. The number of carbonyl (C=O) groups excluding carboxylic acids is 1. The van der Waals surface area contributed by atoms with Crippen LogP contribution in [0.1, 0.15) is 37.8 Å². The Bertz CT molecular complexity index is 996. The predicted octanol–water partition coefficient (Wildman–Crippen LogP) is 2.79. The monoisotopic (exact) mass is 410 g/mol. The molecular formula is C24H32N3O3+. The van der Waals surface area contributed by atoms with Crippen LogP contribution in [-0.4, -0.2) is 43.7 Å². The number of carbonyl (C=O) groups is 1. The molecule has 0 spiro atoms. The fraction of sp³-hybridized carbons (Fsp3) is 0.375. The van der Waals surface area contributed by atoms with Gasteiger partial charge in [0.1, 0.15) is 0 Å². The zero-order valence-electron chi connectivity index (χ0n) is 18.4. The van der Waals surface area contributed by atoms with Gasteiger partial charge in [0.15, 0.2) is 17.5 Å². The van der Waals surface area contributed by atoms with Gasteiger partial charge in [-0.2, -0.15) is 0 Å². The predicted molar refractivity (Wildman–Crippen MR) is 119 cm³/mol. The van der Waals surface area contributed by atoms with Crippen LogP contribution in [0.4, 0.5) is 0 Å². The summed E-state index contributed by atoms with van der Waals surface area (Å²) < 4.78 is 11.3. The van der Waals surface area contributed by atoms with E-state index in [9.17, 15) is 4.79 Å². The maximum Gasteiger partial charge on any atom is 0.278 e. The van der Waals surface area contributed by atoms with Crippen molar-refractivity contribution in [2.75, 3.05) is 20.8 Å². The van der Waals surface area contributed by atoms with E-state index in [1.807, 2.05) is 45.0 Å². The normalized spacial score (nSPS) is 13.3. The fourth-order valence-electron chi connectivity index (χ4n) is 3.85. The van der Waals surface area contributed by atoms with Gasteiger partial charge in [-0.05, 0) is 38.5 Å². The summed E-state index contributed by atoms with van der Waals surface area (Å²) in [4.78, 5) is 15.8. The second kappa shape index (κ2) is 9.67. The van der Waals surface area contributed by atoms with Crippen LogP contribution in [0.5, 0.6) is 11.5 Å². The van der Waals surface area contributed by atoms with Crippen LogP contribution < -0.4 is 20.1 Å². The molecule has 4 N–H and O–H groups in total. The molecule has 1 heterocycles. The second-order valence-electron chi connectivity index (χ2n) is 7.85. The number of amides is 1. The van der Waals surface area contributed by atoms with Crippen LogP contribution in [0.25, 0.3) is 10.9 Å². The Morgan fingerprint density at radius 1 is 1.03 bits per heavy atom. The topological polar surface area (TPSA) is 80.0 Å². The van der Waals surface area contributed by atoms with E-state index in [1.165, 1.54) is 10.9 Å². The van der Waals surface area contributed by atoms with E-state index >= 15 is 0 Å². The third-order valence-electron chi connectivity index (χ3n) is 5.38. The summed E-state index contributed by atoms with van der Waals surface area (Å²) in [7, 11) is 3.31. The van der Waals surface area contributed by atoms with Crippen molar-refractivity contribution >= 4 is 16.8 Å². The van der Waals surface area contributed by atoms with E-state index in [2.05, 4.69) is 40.0 Å². The smallest absolute Gasteiger partial charge is 0.278 e. The van der Waals surface area contributed by atoms with E-state index in [-0.39, 0.29) is 23.9 Å². The van der Waals surface area contributed by atoms with Crippen molar-refractivity contribution in [3.63, 3.8) is 0 Å². The van der Waals surface area contributed by atoms with E-state index in [4.69, 9.17) is 9.47 Å². The maximum atomic E-state index is 12.4. The van der Waals surface area contributed by atoms with Gasteiger partial charge in [0.05, 0.1) is 26.7 Å². The lowest BCUT2D eigenvalue weighted by molar-refractivity contribution is -0.674. The first kappa shape index (κ1) is 21.7. The number of para-hydroxylation sites is 2. The molecule has 0 fully saturated rings. The molecule has 0 bridgehead atoms. The number of hydrogen-bond acceptors (Lipinski definition) is 3. The van der Waals surface area contributed by atoms with E-state index in [1.54, 1.807) is 14.2 Å². The minimum Gasteiger partial charge on any atom is -0.493 e. The van der Waals surface area contributed by atoms with Gasteiger partial charge in [-0.15, -0.1) is 0 Å². The third-order valence-corrected chi connectivity index (χ3v) is 5.38. The molecule has 0 unspecified atom stereocenters. The summed E-state index contributed by atoms with van der Waals surface area (Å²) >= 11 is 0. The van der Waals surface area contributed by atoms with E-state index in [0.29, 0.717) is 12.3 Å². The zero-order valence-corrected chi connectivity index (χ0v) is 18.4. The molecule has 1 amide bonds. The number of H-pyrrole nitrogens is 1. The van der Waals surface area contributed by atoms with Crippen LogP contribution in [-0.2, 0) is 4.79 Å². The molecule has 0 saturated heterocycles. The minimum atomic E-state index is -0.197. The Morgan fingerprint density at radius 2 is 1.80 bits per heavy atom. The van der Waals surface area contributed by atoms with Gasteiger partial charge >= 0.3 is 0 Å². The highest BCUT2D eigenvalue weighted by molar-refractivity contribution is 5.84. The number of aromatic nitrogens is 1. The first-order chi connectivity index (χ1) is 14.5. The number of ether oxygens (including phenoxy) is 2. The second-order valence-corrected chi connectivity index (χ2v) is 7.85. The quantitative estimate of drug-likeness (QED) is 0.507. The van der Waals surface area contributed by atoms with Crippen molar-refractivity contribution in [3.8, 4) is 11.5 Å². The van der Waals surface area contributed by atoms with E-state index < -0.39 is 0 Å². The standard InChI is InChI=1S/C24H31N3O3/c1-15(2)27-24(28)16(3)25-13-20(18-10-8-12-22(29-4)23(18)30-5)19-14-26-21-11-7-6-9-17(19)21/h6-12,14-16,20,25-26H,13H2,1-5H3,(H,27,28)/p+1/t16-,20+/m0/s1. The molecule has 0 aliphatic carbocycles. The summed E-state index contributed by atoms with van der Waals surface area (Å²) in [6.07, 6.45) is 2.06. The molecule has 3 aromatic rings. The van der Waals surface area contributed by atoms with Crippen LogP contribution in [0.15, 0.2) is 48.7 Å². The summed E-state index contributed by atoms with van der Waals surface area (Å²) in [6.45, 7) is 6.58. The summed E-state index contributed by atoms with van der Waals surface area (Å²) in [5.41, 5.74) is 3.30. The number of benzene rings is 2. The minimum absolute atomic E-state index is 0.0144. The molecule has 160 valence electrons. The van der Waals surface area contributed by atoms with Crippen molar-refractivity contribution < 1.29 is 19.6 Å². The number of aromatic amines is 1. The Labute approximate surface area is 178 Å². The number of quaternary nitrogens is 1. The summed E-state index contributed by atoms with van der Waals surface area (Å²) in [5, 5.41) is 6.24. The van der Waals surface area contributed by atoms with E-state index in [0.717, 1.165) is 16.8 Å². The first-order valence-electron chi connectivity index (χ1n) is 10.4. The van der Waals surface area contributed by atoms with Gasteiger partial charge in [-0.1, -0.05) is 30.3 Å². The largest absolute Gasteiger partial charge is 0.493 e. The number of hydrogen-bond donors (Lipinski definition) is 3. The Morgan fingerprint density at radius 3 is 2.50 bits per heavy atom. The SMILES string of the molecule is COc1cccc([C@@H](C[NH2+][C@@H](C)C(=O)NC(C)C)c2c[nH]c3ccccc23)c1OC. The average molecular weight is 411 g/mol. The lowest BCUT2D eigenvalue weighted by atomic mass is 9.89. The molecule has 2 atom stereocenters. The van der Waals surface area contributed by atoms with Gasteiger partial charge in [0.2, 0.25) is 0 Å². The first-order valence-corrected chi connectivity index (χ1v) is 10.4. The third kappa shape index (κ3) is 4.60. The molecule has 30 heavy (non-hydrogen) atoms. The molecule has 6 heteroatoms. The van der Waals surface area contributed by atoms with Crippen molar-refractivity contribution in [2.45, 2.75) is 38.8 Å².